The number of nitrogens with one attached hydrogen (secondary N) is 1. The van der Waals surface area contributed by atoms with Crippen LogP contribution in [0.25, 0.3) is 0 Å². The van der Waals surface area contributed by atoms with E-state index in [0.717, 1.165) is 12.8 Å². The van der Waals surface area contributed by atoms with Gasteiger partial charge in [-0.1, -0.05) is 18.6 Å². The van der Waals surface area contributed by atoms with Gasteiger partial charge >= 0.3 is 0 Å². The number of ether oxygens (including phenoxy) is 1. The molecule has 0 aliphatic heterocycles. The molecule has 1 atom stereocenters. The van der Waals surface area contributed by atoms with E-state index in [9.17, 15) is 9.59 Å². The summed E-state index contributed by atoms with van der Waals surface area (Å²) in [5.41, 5.74) is 3.39. The number of hydrogen-bond donors (Lipinski definition) is 1. The van der Waals surface area contributed by atoms with Gasteiger partial charge in [0, 0.05) is 11.3 Å². The lowest BCUT2D eigenvalue weighted by atomic mass is 9.83. The minimum Gasteiger partial charge on any atom is -0.492 e. The summed E-state index contributed by atoms with van der Waals surface area (Å²) < 4.78 is 5.33. The number of anilines is 1. The molecule has 1 unspecified atom stereocenters. The molecule has 0 radical (unpaired) electrons. The number of benzene rings is 1. The van der Waals surface area contributed by atoms with E-state index in [0.29, 0.717) is 22.4 Å². The van der Waals surface area contributed by atoms with E-state index in [4.69, 9.17) is 10.00 Å². The number of carbonyl (C=O) groups excluding carboxylic acids is 2. The van der Waals surface area contributed by atoms with Crippen LogP contribution in [0.1, 0.15) is 46.1 Å². The predicted octanol–water partition coefficient (Wildman–Crippen LogP) is 4.68. The Morgan fingerprint density at radius 1 is 1.21 bits per heavy atom. The lowest BCUT2D eigenvalue weighted by Gasteiger charge is -2.25. The number of ketones is 2. The van der Waals surface area contributed by atoms with Gasteiger partial charge in [-0.05, 0) is 63.8 Å². The van der Waals surface area contributed by atoms with Gasteiger partial charge in [0.25, 0.3) is 0 Å². The number of carbonyl (C=O) groups is 2. The SMILES string of the molecule is COC1=C(C(C)CCC=C(C)C)C(=O)C(Nc2ccc(C#N)cc2)=C(C)C1=O. The third-order valence-corrected chi connectivity index (χ3v) is 4.77. The van der Waals surface area contributed by atoms with Crippen LogP contribution < -0.4 is 5.32 Å². The quantitative estimate of drug-likeness (QED) is 0.550. The van der Waals surface area contributed by atoms with Crippen molar-refractivity contribution >= 4 is 17.3 Å². The van der Waals surface area contributed by atoms with Crippen LogP contribution in [0.15, 0.2) is 58.5 Å². The maximum atomic E-state index is 13.2. The Morgan fingerprint density at radius 3 is 2.39 bits per heavy atom. The Bertz CT molecular complexity index is 908. The average Bonchev–Trinajstić information content (AvgIpc) is 2.67. The average molecular weight is 378 g/mol. The summed E-state index contributed by atoms with van der Waals surface area (Å²) in [5.74, 6) is -0.476. The first-order valence-corrected chi connectivity index (χ1v) is 9.29. The van der Waals surface area contributed by atoms with E-state index >= 15 is 0 Å². The van der Waals surface area contributed by atoms with Gasteiger partial charge in [0.15, 0.2) is 5.76 Å². The van der Waals surface area contributed by atoms with Crippen LogP contribution in [-0.2, 0) is 14.3 Å². The zero-order valence-corrected chi connectivity index (χ0v) is 17.1. The second-order valence-corrected chi connectivity index (χ2v) is 7.18. The number of hydrogen-bond acceptors (Lipinski definition) is 5. The molecule has 0 fully saturated rings. The highest BCUT2D eigenvalue weighted by Gasteiger charge is 2.36. The van der Waals surface area contributed by atoms with Crippen LogP contribution in [-0.4, -0.2) is 18.7 Å². The Hall–Kier alpha value is -3.13. The van der Waals surface area contributed by atoms with E-state index < -0.39 is 0 Å². The van der Waals surface area contributed by atoms with Gasteiger partial charge in [0.05, 0.1) is 30.0 Å². The van der Waals surface area contributed by atoms with Crippen LogP contribution >= 0.6 is 0 Å². The largest absolute Gasteiger partial charge is 0.492 e. The summed E-state index contributed by atoms with van der Waals surface area (Å²) in [5, 5.41) is 12.0. The summed E-state index contributed by atoms with van der Waals surface area (Å²) in [6.07, 6.45) is 3.69. The number of Topliss-reactive ketones (excluding diaryl/α,β-unsaturated/α-hetero) is 2. The van der Waals surface area contributed by atoms with E-state index in [1.54, 1.807) is 31.2 Å². The van der Waals surface area contributed by atoms with Gasteiger partial charge in [-0.25, -0.2) is 0 Å². The van der Waals surface area contributed by atoms with E-state index in [1.165, 1.54) is 12.7 Å². The number of nitrogens with zero attached hydrogens (tertiary/aromatic N) is 1. The predicted molar refractivity (Wildman–Crippen MR) is 109 cm³/mol. The first-order chi connectivity index (χ1) is 13.3. The Morgan fingerprint density at radius 2 is 1.86 bits per heavy atom. The molecule has 0 saturated heterocycles. The fraction of sp³-hybridized carbons (Fsp3) is 0.348. The highest BCUT2D eigenvalue weighted by Crippen LogP contribution is 2.32. The summed E-state index contributed by atoms with van der Waals surface area (Å²) in [7, 11) is 1.43. The summed E-state index contributed by atoms with van der Waals surface area (Å²) in [6.45, 7) is 7.63. The Labute approximate surface area is 166 Å². The highest BCUT2D eigenvalue weighted by atomic mass is 16.5. The molecule has 0 bridgehead atoms. The zero-order chi connectivity index (χ0) is 20.8. The number of rotatable bonds is 7. The van der Waals surface area contributed by atoms with Crippen LogP contribution in [0.3, 0.4) is 0 Å². The van der Waals surface area contributed by atoms with Gasteiger partial charge in [0.2, 0.25) is 11.6 Å². The van der Waals surface area contributed by atoms with Crippen molar-refractivity contribution in [1.29, 1.82) is 5.26 Å². The maximum Gasteiger partial charge on any atom is 0.225 e. The third kappa shape index (κ3) is 4.58. The third-order valence-electron chi connectivity index (χ3n) is 4.77. The molecule has 2 rings (SSSR count). The second kappa shape index (κ2) is 9.18. The van der Waals surface area contributed by atoms with Gasteiger partial charge < -0.3 is 10.1 Å². The van der Waals surface area contributed by atoms with Crippen molar-refractivity contribution in [2.75, 3.05) is 12.4 Å². The fourth-order valence-corrected chi connectivity index (χ4v) is 3.15. The van der Waals surface area contributed by atoms with Crippen LogP contribution in [0, 0.1) is 17.2 Å². The van der Waals surface area contributed by atoms with Crippen molar-refractivity contribution in [3.8, 4) is 6.07 Å². The molecule has 0 saturated carbocycles. The van der Waals surface area contributed by atoms with Crippen molar-refractivity contribution in [2.45, 2.75) is 40.5 Å². The van der Waals surface area contributed by atoms with Gasteiger partial charge in [0.1, 0.15) is 0 Å². The number of allylic oxidation sites excluding steroid dienone is 4. The first-order valence-electron chi connectivity index (χ1n) is 9.29. The molecule has 0 aromatic heterocycles. The van der Waals surface area contributed by atoms with Crippen molar-refractivity contribution in [3.05, 3.63) is 64.1 Å². The zero-order valence-electron chi connectivity index (χ0n) is 17.1. The molecule has 1 aromatic rings. The van der Waals surface area contributed by atoms with Gasteiger partial charge in [-0.15, -0.1) is 0 Å². The van der Waals surface area contributed by atoms with E-state index in [2.05, 4.69) is 17.5 Å². The topological polar surface area (TPSA) is 79.2 Å². The standard InChI is InChI=1S/C23H26N2O3/c1-14(2)7-6-8-15(3)19-22(27)20(16(4)21(26)23(19)28-5)25-18-11-9-17(13-24)10-12-18/h7,9-12,15,25H,6,8H2,1-5H3. The van der Waals surface area contributed by atoms with Crippen LogP contribution in [0.2, 0.25) is 0 Å². The molecular weight excluding hydrogens is 352 g/mol. The van der Waals surface area contributed by atoms with E-state index in [1.807, 2.05) is 20.8 Å². The monoisotopic (exact) mass is 378 g/mol. The lowest BCUT2D eigenvalue weighted by molar-refractivity contribution is -0.119. The lowest BCUT2D eigenvalue weighted by Crippen LogP contribution is -2.30. The summed E-state index contributed by atoms with van der Waals surface area (Å²) in [4.78, 5) is 26.1. The highest BCUT2D eigenvalue weighted by molar-refractivity contribution is 6.25. The van der Waals surface area contributed by atoms with Crippen molar-refractivity contribution in [2.24, 2.45) is 5.92 Å². The minimum absolute atomic E-state index is 0.118. The van der Waals surface area contributed by atoms with Gasteiger partial charge in [-0.3, -0.25) is 9.59 Å². The molecular formula is C23H26N2O3. The Balaban J connectivity index is 2.34. The Kier molecular flexibility index (Phi) is 6.94. The molecule has 146 valence electrons. The van der Waals surface area contributed by atoms with Crippen molar-refractivity contribution in [1.82, 2.24) is 0 Å². The molecule has 0 heterocycles. The normalized spacial score (nSPS) is 15.3. The molecule has 5 heteroatoms. The van der Waals surface area contributed by atoms with Crippen molar-refractivity contribution in [3.63, 3.8) is 0 Å². The van der Waals surface area contributed by atoms with Crippen molar-refractivity contribution < 1.29 is 14.3 Å². The maximum absolute atomic E-state index is 13.2. The molecule has 28 heavy (non-hydrogen) atoms. The molecule has 1 aliphatic rings. The van der Waals surface area contributed by atoms with Gasteiger partial charge in [-0.2, -0.15) is 5.26 Å². The number of methoxy groups -OCH3 is 1. The molecule has 1 aromatic carbocycles. The molecule has 0 amide bonds. The molecule has 1 aliphatic carbocycles. The minimum atomic E-state index is -0.276. The summed E-state index contributed by atoms with van der Waals surface area (Å²) in [6, 6.07) is 8.80. The molecule has 5 nitrogen and oxygen atoms in total. The molecule has 0 spiro atoms. The second-order valence-electron chi connectivity index (χ2n) is 7.18. The summed E-state index contributed by atoms with van der Waals surface area (Å²) >= 11 is 0. The van der Waals surface area contributed by atoms with Crippen LogP contribution in [0.4, 0.5) is 5.69 Å². The van der Waals surface area contributed by atoms with Crippen LogP contribution in [0.5, 0.6) is 0 Å². The number of nitriles is 1. The smallest absolute Gasteiger partial charge is 0.225 e. The fourth-order valence-electron chi connectivity index (χ4n) is 3.15. The first kappa shape index (κ1) is 21.2. The molecule has 1 N–H and O–H groups in total. The van der Waals surface area contributed by atoms with E-state index in [-0.39, 0.29) is 28.9 Å².